The number of nitrogens with zero attached hydrogens (tertiary/aromatic N) is 1. The molecule has 0 bridgehead atoms. The van der Waals surface area contributed by atoms with E-state index in [0.29, 0.717) is 5.56 Å². The third-order valence-corrected chi connectivity index (χ3v) is 2.04. The molecule has 1 atom stereocenters. The molecule has 0 radical (unpaired) electrons. The molecular formula is C9H7BrFN. The van der Waals surface area contributed by atoms with Crippen LogP contribution in [0, 0.1) is 17.1 Å². The van der Waals surface area contributed by atoms with Crippen molar-refractivity contribution in [2.24, 2.45) is 0 Å². The Balaban J connectivity index is 3.17. The van der Waals surface area contributed by atoms with Gasteiger partial charge in [0.05, 0.1) is 11.6 Å². The molecule has 3 heteroatoms. The van der Waals surface area contributed by atoms with E-state index in [9.17, 15) is 4.39 Å². The van der Waals surface area contributed by atoms with Gasteiger partial charge in [0.2, 0.25) is 0 Å². The quantitative estimate of drug-likeness (QED) is 0.677. The monoisotopic (exact) mass is 227 g/mol. The summed E-state index contributed by atoms with van der Waals surface area (Å²) in [7, 11) is 0. The van der Waals surface area contributed by atoms with Crippen molar-refractivity contribution in [3.63, 3.8) is 0 Å². The molecule has 0 saturated heterocycles. The first-order chi connectivity index (χ1) is 5.63. The van der Waals surface area contributed by atoms with E-state index >= 15 is 0 Å². The van der Waals surface area contributed by atoms with Crippen LogP contribution in [0.15, 0.2) is 18.2 Å². The molecule has 0 fully saturated rings. The fraction of sp³-hybridized carbons (Fsp3) is 0.222. The lowest BCUT2D eigenvalue weighted by atomic mass is 10.1. The van der Waals surface area contributed by atoms with Gasteiger partial charge in [-0.05, 0) is 30.7 Å². The van der Waals surface area contributed by atoms with E-state index in [0.717, 1.165) is 5.56 Å². The lowest BCUT2D eigenvalue weighted by Gasteiger charge is -2.03. The molecular weight excluding hydrogens is 221 g/mol. The van der Waals surface area contributed by atoms with Gasteiger partial charge in [-0.1, -0.05) is 15.9 Å². The lowest BCUT2D eigenvalue weighted by Crippen LogP contribution is -1.88. The number of hydrogen-bond acceptors (Lipinski definition) is 1. The second kappa shape index (κ2) is 3.68. The summed E-state index contributed by atoms with van der Waals surface area (Å²) in [6.45, 7) is 1.88. The number of hydrogen-bond donors (Lipinski definition) is 0. The van der Waals surface area contributed by atoms with Crippen molar-refractivity contribution in [3.8, 4) is 6.07 Å². The van der Waals surface area contributed by atoms with Gasteiger partial charge in [-0.25, -0.2) is 4.39 Å². The molecule has 0 N–H and O–H groups in total. The van der Waals surface area contributed by atoms with Crippen LogP contribution in [0.4, 0.5) is 4.39 Å². The van der Waals surface area contributed by atoms with Gasteiger partial charge in [-0.15, -0.1) is 0 Å². The van der Waals surface area contributed by atoms with Gasteiger partial charge in [0.1, 0.15) is 5.82 Å². The van der Waals surface area contributed by atoms with E-state index in [4.69, 9.17) is 5.26 Å². The van der Waals surface area contributed by atoms with Crippen LogP contribution >= 0.6 is 15.9 Å². The zero-order chi connectivity index (χ0) is 9.14. The SMILES string of the molecule is CC(Br)c1cc(F)cc(C#N)c1. The maximum Gasteiger partial charge on any atom is 0.124 e. The van der Waals surface area contributed by atoms with Crippen LogP contribution in [0.5, 0.6) is 0 Å². The zero-order valence-corrected chi connectivity index (χ0v) is 8.10. The van der Waals surface area contributed by atoms with Crippen LogP contribution < -0.4 is 0 Å². The maximum absolute atomic E-state index is 12.8. The number of rotatable bonds is 1. The first-order valence-corrected chi connectivity index (χ1v) is 4.39. The summed E-state index contributed by atoms with van der Waals surface area (Å²) in [5.41, 5.74) is 1.14. The summed E-state index contributed by atoms with van der Waals surface area (Å²) >= 11 is 3.30. The van der Waals surface area contributed by atoms with Crippen LogP contribution in [0.3, 0.4) is 0 Å². The summed E-state index contributed by atoms with van der Waals surface area (Å²) in [6.07, 6.45) is 0. The molecule has 0 aromatic heterocycles. The highest BCUT2D eigenvalue weighted by Crippen LogP contribution is 2.23. The fourth-order valence-corrected chi connectivity index (χ4v) is 1.17. The van der Waals surface area contributed by atoms with Gasteiger partial charge in [-0.2, -0.15) is 5.26 Å². The molecule has 0 spiro atoms. The number of alkyl halides is 1. The topological polar surface area (TPSA) is 23.8 Å². The Bertz CT molecular complexity index is 328. The van der Waals surface area contributed by atoms with Gasteiger partial charge < -0.3 is 0 Å². The van der Waals surface area contributed by atoms with Crippen LogP contribution in [-0.4, -0.2) is 0 Å². The van der Waals surface area contributed by atoms with E-state index in [1.54, 1.807) is 6.07 Å². The van der Waals surface area contributed by atoms with Gasteiger partial charge in [0.25, 0.3) is 0 Å². The third kappa shape index (κ3) is 2.05. The number of benzene rings is 1. The molecule has 0 aliphatic rings. The Morgan fingerprint density at radius 1 is 1.50 bits per heavy atom. The molecule has 1 rings (SSSR count). The van der Waals surface area contributed by atoms with Crippen molar-refractivity contribution in [2.45, 2.75) is 11.8 Å². The predicted molar refractivity (Wildman–Crippen MR) is 48.5 cm³/mol. The second-order valence-electron chi connectivity index (χ2n) is 2.50. The third-order valence-electron chi connectivity index (χ3n) is 1.51. The molecule has 0 aliphatic heterocycles. The van der Waals surface area contributed by atoms with Crippen molar-refractivity contribution < 1.29 is 4.39 Å². The first kappa shape index (κ1) is 9.21. The van der Waals surface area contributed by atoms with E-state index < -0.39 is 0 Å². The molecule has 12 heavy (non-hydrogen) atoms. The molecule has 0 aliphatic carbocycles. The molecule has 1 aromatic rings. The molecule has 1 aromatic carbocycles. The summed E-state index contributed by atoms with van der Waals surface area (Å²) in [4.78, 5) is 0.0697. The fourth-order valence-electron chi connectivity index (χ4n) is 0.907. The van der Waals surface area contributed by atoms with Gasteiger partial charge in [-0.3, -0.25) is 0 Å². The van der Waals surface area contributed by atoms with E-state index in [-0.39, 0.29) is 10.6 Å². The molecule has 0 amide bonds. The van der Waals surface area contributed by atoms with Crippen LogP contribution in [-0.2, 0) is 0 Å². The van der Waals surface area contributed by atoms with Crippen LogP contribution in [0.1, 0.15) is 22.9 Å². The highest BCUT2D eigenvalue weighted by atomic mass is 79.9. The van der Waals surface area contributed by atoms with Gasteiger partial charge >= 0.3 is 0 Å². The van der Waals surface area contributed by atoms with Crippen molar-refractivity contribution in [3.05, 3.63) is 35.1 Å². The lowest BCUT2D eigenvalue weighted by molar-refractivity contribution is 0.625. The first-order valence-electron chi connectivity index (χ1n) is 3.48. The maximum atomic E-state index is 12.8. The number of halogens is 2. The van der Waals surface area contributed by atoms with Gasteiger partial charge in [0.15, 0.2) is 0 Å². The highest BCUT2D eigenvalue weighted by molar-refractivity contribution is 9.09. The normalized spacial score (nSPS) is 12.2. The average molecular weight is 228 g/mol. The molecule has 62 valence electrons. The smallest absolute Gasteiger partial charge is 0.124 e. The Kier molecular flexibility index (Phi) is 2.83. The van der Waals surface area contributed by atoms with Crippen molar-refractivity contribution >= 4 is 15.9 Å². The molecule has 1 nitrogen and oxygen atoms in total. The van der Waals surface area contributed by atoms with E-state index in [1.807, 2.05) is 13.0 Å². The number of nitriles is 1. The second-order valence-corrected chi connectivity index (χ2v) is 3.87. The molecule has 0 heterocycles. The Morgan fingerprint density at radius 2 is 2.17 bits per heavy atom. The molecule has 0 saturated carbocycles. The van der Waals surface area contributed by atoms with Crippen molar-refractivity contribution in [1.82, 2.24) is 0 Å². The van der Waals surface area contributed by atoms with E-state index in [1.165, 1.54) is 12.1 Å². The minimum Gasteiger partial charge on any atom is -0.207 e. The summed E-state index contributed by atoms with van der Waals surface area (Å²) < 4.78 is 12.8. The molecule has 1 unspecified atom stereocenters. The minimum atomic E-state index is -0.365. The Hall–Kier alpha value is -0.880. The Morgan fingerprint density at radius 3 is 2.67 bits per heavy atom. The van der Waals surface area contributed by atoms with Crippen LogP contribution in [0.2, 0.25) is 0 Å². The minimum absolute atomic E-state index is 0.0697. The van der Waals surface area contributed by atoms with Crippen molar-refractivity contribution in [1.29, 1.82) is 5.26 Å². The standard InChI is InChI=1S/C9H7BrFN/c1-6(10)8-2-7(5-12)3-9(11)4-8/h2-4,6H,1H3. The highest BCUT2D eigenvalue weighted by Gasteiger charge is 2.04. The average Bonchev–Trinajstić information content (AvgIpc) is 2.03. The van der Waals surface area contributed by atoms with E-state index in [2.05, 4.69) is 15.9 Å². The largest absolute Gasteiger partial charge is 0.207 e. The summed E-state index contributed by atoms with van der Waals surface area (Å²) in [6, 6.07) is 6.21. The van der Waals surface area contributed by atoms with Crippen molar-refractivity contribution in [2.75, 3.05) is 0 Å². The van der Waals surface area contributed by atoms with Crippen LogP contribution in [0.25, 0.3) is 0 Å². The van der Waals surface area contributed by atoms with Gasteiger partial charge in [0, 0.05) is 4.83 Å². The zero-order valence-electron chi connectivity index (χ0n) is 6.51. The Labute approximate surface area is 79.0 Å². The summed E-state index contributed by atoms with van der Waals surface area (Å²) in [5.74, 6) is -0.365. The predicted octanol–water partition coefficient (Wildman–Crippen LogP) is 3.15. The summed E-state index contributed by atoms with van der Waals surface area (Å²) in [5, 5.41) is 8.54.